The molecule has 0 radical (unpaired) electrons. The van der Waals surface area contributed by atoms with E-state index in [9.17, 15) is 4.79 Å². The lowest BCUT2D eigenvalue weighted by Crippen LogP contribution is -2.25. The number of anilines is 2. The maximum absolute atomic E-state index is 11.8. The first-order chi connectivity index (χ1) is 14.5. The van der Waals surface area contributed by atoms with Crippen LogP contribution in [0.2, 0.25) is 0 Å². The zero-order valence-electron chi connectivity index (χ0n) is 18.0. The molecule has 0 aliphatic carbocycles. The highest BCUT2D eigenvalue weighted by atomic mass is 16.5. The molecule has 1 N–H and O–H groups in total. The number of nitrogens with one attached hydrogen (secondary N) is 1. The molecule has 8 heteroatoms. The summed E-state index contributed by atoms with van der Waals surface area (Å²) in [4.78, 5) is 29.6. The summed E-state index contributed by atoms with van der Waals surface area (Å²) in [6, 6.07) is 4.06. The maximum Gasteiger partial charge on any atom is 0.225 e. The number of likely N-dealkylation sites (tertiary alicyclic amines) is 1. The van der Waals surface area contributed by atoms with Crippen LogP contribution in [0.5, 0.6) is 0 Å². The fourth-order valence-corrected chi connectivity index (χ4v) is 4.09. The Hall–Kier alpha value is -2.74. The molecule has 160 valence electrons. The van der Waals surface area contributed by atoms with Crippen molar-refractivity contribution in [1.82, 2.24) is 19.9 Å². The third-order valence-corrected chi connectivity index (χ3v) is 5.89. The van der Waals surface area contributed by atoms with Crippen molar-refractivity contribution >= 4 is 17.7 Å². The van der Waals surface area contributed by atoms with Gasteiger partial charge in [-0.05, 0) is 30.5 Å². The first-order valence-corrected chi connectivity index (χ1v) is 10.6. The first kappa shape index (κ1) is 20.5. The SMILES string of the molecule is CC(=O)N1CCC(c2nc(N(C)C)ncc2-c2ccnc(NCC3CCOC3)c2)C1. The molecule has 4 heterocycles. The Balaban J connectivity index is 1.61. The highest BCUT2D eigenvalue weighted by Gasteiger charge is 2.29. The summed E-state index contributed by atoms with van der Waals surface area (Å²) in [5, 5.41) is 3.44. The molecule has 4 rings (SSSR count). The number of hydrogen-bond donors (Lipinski definition) is 1. The van der Waals surface area contributed by atoms with Gasteiger partial charge in [0.2, 0.25) is 11.9 Å². The van der Waals surface area contributed by atoms with Crippen molar-refractivity contribution in [3.8, 4) is 11.1 Å². The van der Waals surface area contributed by atoms with E-state index in [-0.39, 0.29) is 11.8 Å². The van der Waals surface area contributed by atoms with Crippen molar-refractivity contribution in [2.45, 2.75) is 25.7 Å². The molecule has 2 aliphatic heterocycles. The van der Waals surface area contributed by atoms with E-state index in [1.54, 1.807) is 6.92 Å². The molecule has 8 nitrogen and oxygen atoms in total. The third kappa shape index (κ3) is 4.53. The Bertz CT molecular complexity index is 897. The van der Waals surface area contributed by atoms with Gasteiger partial charge in [0.15, 0.2) is 0 Å². The monoisotopic (exact) mass is 410 g/mol. The number of carbonyl (C=O) groups excluding carboxylic acids is 1. The number of aromatic nitrogens is 3. The minimum Gasteiger partial charge on any atom is -0.381 e. The fourth-order valence-electron chi connectivity index (χ4n) is 4.09. The summed E-state index contributed by atoms with van der Waals surface area (Å²) in [6.07, 6.45) is 5.72. The molecular formula is C22H30N6O2. The average Bonchev–Trinajstić information content (AvgIpc) is 3.44. The smallest absolute Gasteiger partial charge is 0.225 e. The molecular weight excluding hydrogens is 380 g/mol. The molecule has 0 aromatic carbocycles. The average molecular weight is 411 g/mol. The molecule has 2 aromatic rings. The van der Waals surface area contributed by atoms with Crippen molar-refractivity contribution in [3.63, 3.8) is 0 Å². The molecule has 0 bridgehead atoms. The van der Waals surface area contributed by atoms with Crippen LogP contribution in [-0.4, -0.2) is 72.7 Å². The van der Waals surface area contributed by atoms with Crippen molar-refractivity contribution in [2.75, 3.05) is 57.2 Å². The van der Waals surface area contributed by atoms with Gasteiger partial charge < -0.3 is 19.9 Å². The minimum absolute atomic E-state index is 0.118. The lowest BCUT2D eigenvalue weighted by atomic mass is 9.96. The molecule has 1 amide bonds. The largest absolute Gasteiger partial charge is 0.381 e. The fraction of sp³-hybridized carbons (Fsp3) is 0.545. The van der Waals surface area contributed by atoms with E-state index in [1.165, 1.54) is 0 Å². The van der Waals surface area contributed by atoms with E-state index in [0.717, 1.165) is 61.8 Å². The molecule has 2 saturated heterocycles. The summed E-state index contributed by atoms with van der Waals surface area (Å²) in [7, 11) is 3.88. The number of ether oxygens (including phenoxy) is 1. The second-order valence-electron chi connectivity index (χ2n) is 8.35. The Morgan fingerprint density at radius 2 is 2.20 bits per heavy atom. The molecule has 2 unspecified atom stereocenters. The summed E-state index contributed by atoms with van der Waals surface area (Å²) >= 11 is 0. The van der Waals surface area contributed by atoms with Crippen LogP contribution in [0.1, 0.15) is 31.4 Å². The highest BCUT2D eigenvalue weighted by molar-refractivity contribution is 5.74. The molecule has 2 aliphatic rings. The topological polar surface area (TPSA) is 83.5 Å². The minimum atomic E-state index is 0.118. The molecule has 2 aromatic heterocycles. The Morgan fingerprint density at radius 1 is 1.33 bits per heavy atom. The summed E-state index contributed by atoms with van der Waals surface area (Å²) < 4.78 is 5.46. The zero-order chi connectivity index (χ0) is 21.1. The molecule has 0 saturated carbocycles. The van der Waals surface area contributed by atoms with Gasteiger partial charge in [-0.3, -0.25) is 4.79 Å². The van der Waals surface area contributed by atoms with Gasteiger partial charge in [-0.15, -0.1) is 0 Å². The summed E-state index contributed by atoms with van der Waals surface area (Å²) in [5.74, 6) is 2.38. The summed E-state index contributed by atoms with van der Waals surface area (Å²) in [6.45, 7) is 5.61. The molecule has 2 fully saturated rings. The van der Waals surface area contributed by atoms with Gasteiger partial charge in [0, 0.05) is 77.1 Å². The van der Waals surface area contributed by atoms with Crippen molar-refractivity contribution in [1.29, 1.82) is 0 Å². The van der Waals surface area contributed by atoms with Crippen LogP contribution < -0.4 is 10.2 Å². The third-order valence-electron chi connectivity index (χ3n) is 5.89. The van der Waals surface area contributed by atoms with E-state index in [4.69, 9.17) is 9.72 Å². The van der Waals surface area contributed by atoms with E-state index < -0.39 is 0 Å². The number of pyridine rings is 1. The van der Waals surface area contributed by atoms with Crippen LogP contribution in [-0.2, 0) is 9.53 Å². The van der Waals surface area contributed by atoms with Crippen molar-refractivity contribution in [3.05, 3.63) is 30.2 Å². The van der Waals surface area contributed by atoms with Crippen molar-refractivity contribution < 1.29 is 9.53 Å². The normalized spacial score (nSPS) is 21.1. The van der Waals surface area contributed by atoms with Crippen LogP contribution in [0, 0.1) is 5.92 Å². The van der Waals surface area contributed by atoms with Crippen LogP contribution in [0.4, 0.5) is 11.8 Å². The first-order valence-electron chi connectivity index (χ1n) is 10.6. The number of nitrogens with zero attached hydrogens (tertiary/aromatic N) is 5. The van der Waals surface area contributed by atoms with Gasteiger partial charge in [0.05, 0.1) is 12.3 Å². The van der Waals surface area contributed by atoms with Gasteiger partial charge in [-0.2, -0.15) is 0 Å². The second kappa shape index (κ2) is 8.95. The van der Waals surface area contributed by atoms with Crippen LogP contribution in [0.15, 0.2) is 24.5 Å². The van der Waals surface area contributed by atoms with Crippen LogP contribution in [0.3, 0.4) is 0 Å². The van der Waals surface area contributed by atoms with Gasteiger partial charge in [-0.25, -0.2) is 15.0 Å². The summed E-state index contributed by atoms with van der Waals surface area (Å²) in [5.41, 5.74) is 3.04. The quantitative estimate of drug-likeness (QED) is 0.783. The highest BCUT2D eigenvalue weighted by Crippen LogP contribution is 2.34. The van der Waals surface area contributed by atoms with E-state index >= 15 is 0 Å². The Labute approximate surface area is 177 Å². The lowest BCUT2D eigenvalue weighted by Gasteiger charge is -2.19. The number of carbonyl (C=O) groups is 1. The number of rotatable bonds is 6. The standard InChI is InChI=1S/C22H30N6O2/c1-15(29)28-8-5-18(13-28)21-19(12-25-22(26-21)27(2)3)17-4-7-23-20(10-17)24-11-16-6-9-30-14-16/h4,7,10,12,16,18H,5-6,8-9,11,13-14H2,1-3H3,(H,23,24). The van der Waals surface area contributed by atoms with E-state index in [1.807, 2.05) is 42.4 Å². The van der Waals surface area contributed by atoms with Gasteiger partial charge in [0.1, 0.15) is 5.82 Å². The van der Waals surface area contributed by atoms with E-state index in [2.05, 4.69) is 21.4 Å². The lowest BCUT2D eigenvalue weighted by molar-refractivity contribution is -0.127. The second-order valence-corrected chi connectivity index (χ2v) is 8.35. The number of amides is 1. The van der Waals surface area contributed by atoms with Crippen LogP contribution >= 0.6 is 0 Å². The Morgan fingerprint density at radius 3 is 2.90 bits per heavy atom. The molecule has 2 atom stereocenters. The predicted octanol–water partition coefficient (Wildman–Crippen LogP) is 2.39. The van der Waals surface area contributed by atoms with E-state index in [0.29, 0.717) is 18.4 Å². The van der Waals surface area contributed by atoms with Gasteiger partial charge in [-0.1, -0.05) is 0 Å². The Kier molecular flexibility index (Phi) is 6.13. The maximum atomic E-state index is 11.8. The van der Waals surface area contributed by atoms with Gasteiger partial charge in [0.25, 0.3) is 0 Å². The molecule has 30 heavy (non-hydrogen) atoms. The van der Waals surface area contributed by atoms with Gasteiger partial charge >= 0.3 is 0 Å². The number of hydrogen-bond acceptors (Lipinski definition) is 7. The van der Waals surface area contributed by atoms with Crippen molar-refractivity contribution in [2.24, 2.45) is 5.92 Å². The molecule has 0 spiro atoms. The predicted molar refractivity (Wildman–Crippen MR) is 117 cm³/mol. The zero-order valence-corrected chi connectivity index (χ0v) is 18.0. The van der Waals surface area contributed by atoms with Crippen LogP contribution in [0.25, 0.3) is 11.1 Å².